The highest BCUT2D eigenvalue weighted by atomic mass is 16.5. The Morgan fingerprint density at radius 3 is 2.38 bits per heavy atom. The predicted molar refractivity (Wildman–Crippen MR) is 48.8 cm³/mol. The van der Waals surface area contributed by atoms with Crippen LogP contribution in [0.15, 0.2) is 11.6 Å². The summed E-state index contributed by atoms with van der Waals surface area (Å²) in [4.78, 5) is 21.7. The van der Waals surface area contributed by atoms with E-state index in [9.17, 15) is 9.59 Å². The molecule has 13 heavy (non-hydrogen) atoms. The summed E-state index contributed by atoms with van der Waals surface area (Å²) in [6, 6.07) is 0. The average Bonchev–Trinajstić information content (AvgIpc) is 2.03. The van der Waals surface area contributed by atoms with E-state index in [-0.39, 0.29) is 0 Å². The third-order valence-corrected chi connectivity index (χ3v) is 1.37. The summed E-state index contributed by atoms with van der Waals surface area (Å²) in [5.41, 5.74) is 5.28. The summed E-state index contributed by atoms with van der Waals surface area (Å²) in [6.07, 6.45) is 2.42. The number of carbonyl (C=O) groups excluding carboxylic acids is 2. The summed E-state index contributed by atoms with van der Waals surface area (Å²) < 4.78 is 4.74. The lowest BCUT2D eigenvalue weighted by molar-refractivity contribution is -0.138. The first-order chi connectivity index (χ1) is 6.11. The van der Waals surface area contributed by atoms with Crippen LogP contribution in [0.5, 0.6) is 0 Å². The third kappa shape index (κ3) is 5.00. The molecule has 4 nitrogen and oxygen atoms in total. The largest absolute Gasteiger partial charge is 0.463 e. The fourth-order valence-electron chi connectivity index (χ4n) is 0.898. The number of amides is 1. The molecular formula is C9H15NO3. The molecule has 0 fully saturated rings. The van der Waals surface area contributed by atoms with Gasteiger partial charge in [0.25, 0.3) is 0 Å². The molecule has 0 rings (SSSR count). The summed E-state index contributed by atoms with van der Waals surface area (Å²) >= 11 is 0. The number of carbonyl (C=O) groups is 2. The monoisotopic (exact) mass is 185 g/mol. The Morgan fingerprint density at radius 1 is 1.38 bits per heavy atom. The molecule has 0 heterocycles. The van der Waals surface area contributed by atoms with Gasteiger partial charge >= 0.3 is 5.97 Å². The summed E-state index contributed by atoms with van der Waals surface area (Å²) in [5.74, 6) is -1.07. The molecule has 0 aromatic carbocycles. The molecule has 0 aliphatic heterocycles. The van der Waals surface area contributed by atoms with Crippen molar-refractivity contribution in [3.8, 4) is 0 Å². The second kappa shape index (κ2) is 6.22. The second-order valence-corrected chi connectivity index (χ2v) is 2.54. The molecule has 1 amide bonds. The number of hydrogen-bond acceptors (Lipinski definition) is 3. The molecule has 0 aliphatic carbocycles. The van der Waals surface area contributed by atoms with Gasteiger partial charge in [-0.25, -0.2) is 4.79 Å². The molecular weight excluding hydrogens is 170 g/mol. The Morgan fingerprint density at radius 2 is 2.00 bits per heavy atom. The van der Waals surface area contributed by atoms with E-state index in [4.69, 9.17) is 10.5 Å². The maximum atomic E-state index is 11.2. The fraction of sp³-hybridized carbons (Fsp3) is 0.556. The van der Waals surface area contributed by atoms with Gasteiger partial charge in [-0.2, -0.15) is 0 Å². The Kier molecular flexibility index (Phi) is 5.59. The van der Waals surface area contributed by atoms with Crippen molar-refractivity contribution in [1.82, 2.24) is 0 Å². The molecule has 0 aromatic rings. The highest BCUT2D eigenvalue weighted by Gasteiger charge is 2.09. The molecule has 0 radical (unpaired) electrons. The SMILES string of the molecule is CCC/C(=C/C(N)=O)C(=O)OCC. The molecule has 0 spiro atoms. The van der Waals surface area contributed by atoms with E-state index < -0.39 is 11.9 Å². The number of hydrogen-bond donors (Lipinski definition) is 1. The standard InChI is InChI=1S/C9H15NO3/c1-3-5-7(6-8(10)11)9(12)13-4-2/h6H,3-5H2,1-2H3,(H2,10,11)/b7-6-. The van der Waals surface area contributed by atoms with Crippen molar-refractivity contribution in [1.29, 1.82) is 0 Å². The van der Waals surface area contributed by atoms with Crippen LogP contribution in [0.2, 0.25) is 0 Å². The van der Waals surface area contributed by atoms with E-state index in [1.807, 2.05) is 6.92 Å². The lowest BCUT2D eigenvalue weighted by Gasteiger charge is -2.03. The van der Waals surface area contributed by atoms with Gasteiger partial charge in [0.05, 0.1) is 6.61 Å². The quantitative estimate of drug-likeness (QED) is 0.508. The molecule has 0 aromatic heterocycles. The highest BCUT2D eigenvalue weighted by molar-refractivity contribution is 5.97. The van der Waals surface area contributed by atoms with Crippen molar-refractivity contribution in [2.24, 2.45) is 5.73 Å². The Labute approximate surface area is 77.7 Å². The van der Waals surface area contributed by atoms with Gasteiger partial charge in [0.1, 0.15) is 0 Å². The van der Waals surface area contributed by atoms with Gasteiger partial charge in [0.15, 0.2) is 0 Å². The molecule has 0 unspecified atom stereocenters. The second-order valence-electron chi connectivity index (χ2n) is 2.54. The van der Waals surface area contributed by atoms with E-state index in [1.54, 1.807) is 6.92 Å². The average molecular weight is 185 g/mol. The van der Waals surface area contributed by atoms with Crippen molar-refractivity contribution in [3.63, 3.8) is 0 Å². The van der Waals surface area contributed by atoms with Crippen molar-refractivity contribution < 1.29 is 14.3 Å². The van der Waals surface area contributed by atoms with E-state index in [1.165, 1.54) is 0 Å². The first-order valence-corrected chi connectivity index (χ1v) is 4.28. The van der Waals surface area contributed by atoms with Crippen LogP contribution in [-0.4, -0.2) is 18.5 Å². The van der Waals surface area contributed by atoms with Crippen LogP contribution >= 0.6 is 0 Å². The van der Waals surface area contributed by atoms with Gasteiger partial charge in [-0.15, -0.1) is 0 Å². The van der Waals surface area contributed by atoms with Gasteiger partial charge < -0.3 is 10.5 Å². The van der Waals surface area contributed by atoms with Crippen LogP contribution in [0, 0.1) is 0 Å². The van der Waals surface area contributed by atoms with Gasteiger partial charge in [-0.05, 0) is 13.3 Å². The van der Waals surface area contributed by atoms with Crippen LogP contribution in [0.1, 0.15) is 26.7 Å². The zero-order valence-corrected chi connectivity index (χ0v) is 8.00. The smallest absolute Gasteiger partial charge is 0.334 e. The first-order valence-electron chi connectivity index (χ1n) is 4.28. The minimum absolute atomic E-state index is 0.304. The minimum atomic E-state index is -0.614. The Balaban J connectivity index is 4.40. The topological polar surface area (TPSA) is 69.4 Å². The van der Waals surface area contributed by atoms with Crippen LogP contribution < -0.4 is 5.73 Å². The van der Waals surface area contributed by atoms with Crippen LogP contribution in [-0.2, 0) is 14.3 Å². The number of nitrogens with two attached hydrogens (primary N) is 1. The molecule has 0 atom stereocenters. The third-order valence-electron chi connectivity index (χ3n) is 1.37. The van der Waals surface area contributed by atoms with Crippen molar-refractivity contribution in [2.75, 3.05) is 6.61 Å². The van der Waals surface area contributed by atoms with Crippen molar-refractivity contribution in [2.45, 2.75) is 26.7 Å². The van der Waals surface area contributed by atoms with E-state index >= 15 is 0 Å². The lowest BCUT2D eigenvalue weighted by atomic mass is 10.1. The summed E-state index contributed by atoms with van der Waals surface area (Å²) in [6.45, 7) is 3.93. The summed E-state index contributed by atoms with van der Waals surface area (Å²) in [5, 5.41) is 0. The van der Waals surface area contributed by atoms with Gasteiger partial charge in [0, 0.05) is 11.6 Å². The van der Waals surface area contributed by atoms with Crippen LogP contribution in [0.3, 0.4) is 0 Å². The maximum absolute atomic E-state index is 11.2. The number of esters is 1. The van der Waals surface area contributed by atoms with Crippen molar-refractivity contribution in [3.05, 3.63) is 11.6 Å². The molecule has 0 saturated heterocycles. The number of rotatable bonds is 5. The highest BCUT2D eigenvalue weighted by Crippen LogP contribution is 2.06. The summed E-state index contributed by atoms with van der Waals surface area (Å²) in [7, 11) is 0. The normalized spacial score (nSPS) is 11.1. The van der Waals surface area contributed by atoms with Crippen LogP contribution in [0.25, 0.3) is 0 Å². The Hall–Kier alpha value is -1.32. The number of ether oxygens (including phenoxy) is 1. The zero-order valence-electron chi connectivity index (χ0n) is 8.00. The van der Waals surface area contributed by atoms with Gasteiger partial charge in [-0.3, -0.25) is 4.79 Å². The van der Waals surface area contributed by atoms with E-state index in [0.29, 0.717) is 18.6 Å². The molecule has 74 valence electrons. The zero-order chi connectivity index (χ0) is 10.3. The molecule has 2 N–H and O–H groups in total. The van der Waals surface area contributed by atoms with Crippen LogP contribution in [0.4, 0.5) is 0 Å². The maximum Gasteiger partial charge on any atom is 0.334 e. The van der Waals surface area contributed by atoms with Crippen molar-refractivity contribution >= 4 is 11.9 Å². The van der Waals surface area contributed by atoms with E-state index in [2.05, 4.69) is 0 Å². The molecule has 0 saturated carbocycles. The predicted octanol–water partition coefficient (Wildman–Crippen LogP) is 0.761. The minimum Gasteiger partial charge on any atom is -0.463 e. The molecule has 0 bridgehead atoms. The first kappa shape index (κ1) is 11.7. The lowest BCUT2D eigenvalue weighted by Crippen LogP contribution is -2.13. The van der Waals surface area contributed by atoms with E-state index in [0.717, 1.165) is 12.5 Å². The van der Waals surface area contributed by atoms with Gasteiger partial charge in [0.2, 0.25) is 5.91 Å². The molecule has 4 heteroatoms. The molecule has 0 aliphatic rings. The Bertz CT molecular complexity index is 221. The number of primary amides is 1. The van der Waals surface area contributed by atoms with Gasteiger partial charge in [-0.1, -0.05) is 13.3 Å². The fourth-order valence-corrected chi connectivity index (χ4v) is 0.898.